The van der Waals surface area contributed by atoms with Crippen molar-refractivity contribution in [1.29, 1.82) is 0 Å². The molecule has 0 aliphatic heterocycles. The predicted molar refractivity (Wildman–Crippen MR) is 73.8 cm³/mol. The molecule has 0 aliphatic carbocycles. The lowest BCUT2D eigenvalue weighted by Crippen LogP contribution is -2.23. The van der Waals surface area contributed by atoms with E-state index in [0.29, 0.717) is 5.56 Å². The summed E-state index contributed by atoms with van der Waals surface area (Å²) in [6.45, 7) is 7.43. The van der Waals surface area contributed by atoms with Crippen molar-refractivity contribution in [3.63, 3.8) is 0 Å². The predicted octanol–water partition coefficient (Wildman–Crippen LogP) is 4.40. The highest BCUT2D eigenvalue weighted by Crippen LogP contribution is 2.22. The van der Waals surface area contributed by atoms with Gasteiger partial charge >= 0.3 is 5.97 Å². The van der Waals surface area contributed by atoms with Crippen LogP contribution >= 0.6 is 0 Å². The molecule has 1 aromatic rings. The first-order chi connectivity index (χ1) is 8.87. The number of esters is 1. The molecule has 0 aromatic heterocycles. The number of azide groups is 1. The minimum atomic E-state index is -0.507. The van der Waals surface area contributed by atoms with E-state index in [-0.39, 0.29) is 12.0 Å². The Morgan fingerprint density at radius 2 is 1.95 bits per heavy atom. The molecule has 0 aliphatic rings. The molecule has 1 unspecified atom stereocenters. The third kappa shape index (κ3) is 4.64. The van der Waals surface area contributed by atoms with Crippen molar-refractivity contribution in [2.45, 2.75) is 45.8 Å². The molecule has 5 heteroatoms. The van der Waals surface area contributed by atoms with Crippen LogP contribution in [0.4, 0.5) is 0 Å². The number of carbonyl (C=O) groups excluding carboxylic acids is 1. The van der Waals surface area contributed by atoms with Crippen LogP contribution in [0.5, 0.6) is 0 Å². The second-order valence-electron chi connectivity index (χ2n) is 5.25. The highest BCUT2D eigenvalue weighted by atomic mass is 16.6. The summed E-state index contributed by atoms with van der Waals surface area (Å²) in [4.78, 5) is 14.7. The van der Waals surface area contributed by atoms with Gasteiger partial charge < -0.3 is 4.74 Å². The highest BCUT2D eigenvalue weighted by molar-refractivity contribution is 5.89. The average Bonchev–Trinajstić information content (AvgIpc) is 2.34. The molecule has 0 heterocycles. The molecule has 1 atom stereocenters. The van der Waals surface area contributed by atoms with Gasteiger partial charge in [-0.2, -0.15) is 0 Å². The van der Waals surface area contributed by atoms with E-state index in [1.54, 1.807) is 24.3 Å². The minimum Gasteiger partial charge on any atom is -0.456 e. The van der Waals surface area contributed by atoms with E-state index >= 15 is 0 Å². The molecule has 0 radical (unpaired) electrons. The molecule has 0 bridgehead atoms. The number of hydrogen-bond acceptors (Lipinski definition) is 3. The fraction of sp³-hybridized carbons (Fsp3) is 0.500. The molecule has 102 valence electrons. The van der Waals surface area contributed by atoms with Crippen molar-refractivity contribution in [2.24, 2.45) is 5.11 Å². The first kappa shape index (κ1) is 15.1. The van der Waals surface area contributed by atoms with Crippen LogP contribution in [0, 0.1) is 0 Å². The summed E-state index contributed by atoms with van der Waals surface area (Å²) in [5.41, 5.74) is 9.37. The lowest BCUT2D eigenvalue weighted by Gasteiger charge is -2.19. The van der Waals surface area contributed by atoms with Gasteiger partial charge in [0.2, 0.25) is 0 Å². The van der Waals surface area contributed by atoms with Gasteiger partial charge in [-0.3, -0.25) is 0 Å². The number of carbonyl (C=O) groups is 1. The zero-order chi connectivity index (χ0) is 14.5. The lowest BCUT2D eigenvalue weighted by molar-refractivity contribution is 0.00695. The summed E-state index contributed by atoms with van der Waals surface area (Å²) in [5.74, 6) is -0.351. The molecule has 0 N–H and O–H groups in total. The Labute approximate surface area is 113 Å². The number of benzene rings is 1. The van der Waals surface area contributed by atoms with E-state index < -0.39 is 5.60 Å². The van der Waals surface area contributed by atoms with Gasteiger partial charge in [-0.15, -0.1) is 0 Å². The fourth-order valence-corrected chi connectivity index (χ4v) is 1.62. The monoisotopic (exact) mass is 261 g/mol. The molecule has 1 rings (SSSR count). The third-order valence-corrected chi connectivity index (χ3v) is 2.51. The molecule has 0 saturated carbocycles. The Morgan fingerprint density at radius 1 is 1.37 bits per heavy atom. The maximum Gasteiger partial charge on any atom is 0.338 e. The van der Waals surface area contributed by atoms with Crippen molar-refractivity contribution in [2.75, 3.05) is 0 Å². The van der Waals surface area contributed by atoms with Crippen molar-refractivity contribution >= 4 is 5.97 Å². The molecule has 5 nitrogen and oxygen atoms in total. The van der Waals surface area contributed by atoms with Crippen LogP contribution in [0.3, 0.4) is 0 Å². The van der Waals surface area contributed by atoms with Crippen molar-refractivity contribution in [1.82, 2.24) is 0 Å². The number of rotatable bonds is 4. The van der Waals surface area contributed by atoms with E-state index in [9.17, 15) is 4.79 Å². The molecule has 0 spiro atoms. The van der Waals surface area contributed by atoms with Crippen LogP contribution in [0.1, 0.15) is 56.1 Å². The van der Waals surface area contributed by atoms with Gasteiger partial charge in [-0.1, -0.05) is 24.2 Å². The average molecular weight is 261 g/mol. The Balaban J connectivity index is 2.87. The molecule has 0 saturated heterocycles. The standard InChI is InChI=1S/C14H19N3O2/c1-5-12(16-17-15)10-6-8-11(9-7-10)13(18)19-14(2,3)4/h6-9,12H,5H2,1-4H3. The smallest absolute Gasteiger partial charge is 0.338 e. The Hall–Kier alpha value is -2.00. The maximum absolute atomic E-state index is 11.8. The van der Waals surface area contributed by atoms with Crippen LogP contribution in [0.15, 0.2) is 29.4 Å². The zero-order valence-electron chi connectivity index (χ0n) is 11.8. The van der Waals surface area contributed by atoms with Crippen molar-refractivity contribution < 1.29 is 9.53 Å². The molecule has 0 amide bonds. The summed E-state index contributed by atoms with van der Waals surface area (Å²) in [6, 6.07) is 6.78. The summed E-state index contributed by atoms with van der Waals surface area (Å²) in [5, 5.41) is 3.71. The van der Waals surface area contributed by atoms with Gasteiger partial charge in [0.25, 0.3) is 0 Å². The lowest BCUT2D eigenvalue weighted by atomic mass is 10.0. The van der Waals surface area contributed by atoms with Crippen LogP contribution in [0.2, 0.25) is 0 Å². The topological polar surface area (TPSA) is 75.1 Å². The first-order valence-corrected chi connectivity index (χ1v) is 6.25. The van der Waals surface area contributed by atoms with Gasteiger partial charge in [0.1, 0.15) is 5.60 Å². The number of nitrogens with zero attached hydrogens (tertiary/aromatic N) is 3. The Kier molecular flexibility index (Phi) is 4.95. The first-order valence-electron chi connectivity index (χ1n) is 6.25. The zero-order valence-corrected chi connectivity index (χ0v) is 11.8. The van der Waals surface area contributed by atoms with Gasteiger partial charge in [-0.05, 0) is 50.4 Å². The van der Waals surface area contributed by atoms with Gasteiger partial charge in [0, 0.05) is 4.91 Å². The van der Waals surface area contributed by atoms with Crippen LogP contribution in [-0.2, 0) is 4.74 Å². The normalized spacial score (nSPS) is 12.4. The second-order valence-corrected chi connectivity index (χ2v) is 5.25. The summed E-state index contributed by atoms with van der Waals surface area (Å²) in [7, 11) is 0. The van der Waals surface area contributed by atoms with E-state index in [0.717, 1.165) is 12.0 Å². The molecule has 19 heavy (non-hydrogen) atoms. The molecular weight excluding hydrogens is 242 g/mol. The maximum atomic E-state index is 11.8. The van der Waals surface area contributed by atoms with E-state index in [4.69, 9.17) is 10.3 Å². The molecule has 1 aromatic carbocycles. The Morgan fingerprint density at radius 3 is 2.37 bits per heavy atom. The van der Waals surface area contributed by atoms with Gasteiger partial charge in [0.15, 0.2) is 0 Å². The fourth-order valence-electron chi connectivity index (χ4n) is 1.62. The largest absolute Gasteiger partial charge is 0.456 e. The Bertz CT molecular complexity index is 482. The SMILES string of the molecule is CCC(N=[N+]=[N-])c1ccc(C(=O)OC(C)(C)C)cc1. The minimum absolute atomic E-state index is 0.197. The van der Waals surface area contributed by atoms with Crippen LogP contribution in [0.25, 0.3) is 10.4 Å². The van der Waals surface area contributed by atoms with Crippen molar-refractivity contribution in [3.05, 3.63) is 45.8 Å². The summed E-state index contributed by atoms with van der Waals surface area (Å²) in [6.07, 6.45) is 0.718. The molecular formula is C14H19N3O2. The van der Waals surface area contributed by atoms with E-state index in [2.05, 4.69) is 10.0 Å². The van der Waals surface area contributed by atoms with Gasteiger partial charge in [0.05, 0.1) is 11.6 Å². The van der Waals surface area contributed by atoms with Crippen LogP contribution in [-0.4, -0.2) is 11.6 Å². The van der Waals surface area contributed by atoms with Crippen molar-refractivity contribution in [3.8, 4) is 0 Å². The summed E-state index contributed by atoms with van der Waals surface area (Å²) >= 11 is 0. The summed E-state index contributed by atoms with van der Waals surface area (Å²) < 4.78 is 5.28. The number of ether oxygens (including phenoxy) is 1. The van der Waals surface area contributed by atoms with Gasteiger partial charge in [-0.25, -0.2) is 4.79 Å². The highest BCUT2D eigenvalue weighted by Gasteiger charge is 2.18. The number of hydrogen-bond donors (Lipinski definition) is 0. The van der Waals surface area contributed by atoms with Crippen LogP contribution < -0.4 is 0 Å². The third-order valence-electron chi connectivity index (χ3n) is 2.51. The quantitative estimate of drug-likeness (QED) is 0.348. The second kappa shape index (κ2) is 6.25. The van der Waals surface area contributed by atoms with E-state index in [1.807, 2.05) is 27.7 Å². The van der Waals surface area contributed by atoms with E-state index in [1.165, 1.54) is 0 Å². The molecule has 0 fully saturated rings.